The molecule has 0 spiro atoms. The normalized spacial score (nSPS) is 18.0. The summed E-state index contributed by atoms with van der Waals surface area (Å²) in [6.07, 6.45) is 0.882. The minimum Gasteiger partial charge on any atom is -0.493 e. The summed E-state index contributed by atoms with van der Waals surface area (Å²) in [5, 5.41) is 3.29. The molecule has 3 rings (SSSR count). The zero-order chi connectivity index (χ0) is 14.7. The molecule has 0 fully saturated rings. The zero-order valence-corrected chi connectivity index (χ0v) is 12.7. The first-order valence-corrected chi connectivity index (χ1v) is 7.79. The van der Waals surface area contributed by atoms with Crippen molar-refractivity contribution >= 4 is 17.3 Å². The summed E-state index contributed by atoms with van der Waals surface area (Å²) >= 11 is 1.60. The predicted molar refractivity (Wildman–Crippen MR) is 84.6 cm³/mol. The molecule has 1 aromatic heterocycles. The second kappa shape index (κ2) is 6.13. The number of para-hydroxylation sites is 1. The van der Waals surface area contributed by atoms with Crippen molar-refractivity contribution in [2.24, 2.45) is 10.7 Å². The highest BCUT2D eigenvalue weighted by molar-refractivity contribution is 7.09. The van der Waals surface area contributed by atoms with Crippen LogP contribution >= 0.6 is 11.3 Å². The molecule has 1 aromatic carbocycles. The van der Waals surface area contributed by atoms with E-state index in [-0.39, 0.29) is 6.04 Å². The van der Waals surface area contributed by atoms with E-state index in [0.717, 1.165) is 28.3 Å². The van der Waals surface area contributed by atoms with Crippen LogP contribution in [0.1, 0.15) is 28.6 Å². The maximum atomic E-state index is 6.01. The smallest absolute Gasteiger partial charge is 0.189 e. The summed E-state index contributed by atoms with van der Waals surface area (Å²) in [5.74, 6) is 1.39. The van der Waals surface area contributed by atoms with Crippen LogP contribution in [-0.2, 0) is 6.54 Å². The van der Waals surface area contributed by atoms with E-state index in [2.05, 4.69) is 21.4 Å². The van der Waals surface area contributed by atoms with E-state index in [1.807, 2.05) is 30.6 Å². The van der Waals surface area contributed by atoms with Gasteiger partial charge in [0, 0.05) is 16.9 Å². The largest absolute Gasteiger partial charge is 0.493 e. The molecule has 6 heteroatoms. The standard InChI is InChI=1S/C15H18N4OS/c1-10-14(21-9-18-10)8-17-15(16)19-12-6-7-20-13-5-3-2-4-11(12)13/h2-5,9,12H,6-8H2,1H3,(H3,16,17,19). The first-order chi connectivity index (χ1) is 10.2. The fraction of sp³-hybridized carbons (Fsp3) is 0.333. The van der Waals surface area contributed by atoms with Gasteiger partial charge in [-0.2, -0.15) is 0 Å². The quantitative estimate of drug-likeness (QED) is 0.674. The number of nitrogens with two attached hydrogens (primary N) is 1. The average molecular weight is 302 g/mol. The molecule has 0 amide bonds. The Labute approximate surface area is 127 Å². The third-order valence-corrected chi connectivity index (χ3v) is 4.44. The molecule has 0 saturated carbocycles. The monoisotopic (exact) mass is 302 g/mol. The average Bonchev–Trinajstić information content (AvgIpc) is 2.91. The lowest BCUT2D eigenvalue weighted by atomic mass is 10.0. The lowest BCUT2D eigenvalue weighted by Gasteiger charge is -2.26. The number of ether oxygens (including phenoxy) is 1. The summed E-state index contributed by atoms with van der Waals surface area (Å²) in [6, 6.07) is 8.19. The molecule has 0 saturated heterocycles. The number of hydrogen-bond acceptors (Lipinski definition) is 4. The maximum Gasteiger partial charge on any atom is 0.189 e. The van der Waals surface area contributed by atoms with Crippen LogP contribution in [0.2, 0.25) is 0 Å². The topological polar surface area (TPSA) is 72.5 Å². The maximum absolute atomic E-state index is 6.01. The molecule has 0 radical (unpaired) electrons. The summed E-state index contributed by atoms with van der Waals surface area (Å²) in [6.45, 7) is 3.25. The van der Waals surface area contributed by atoms with E-state index in [0.29, 0.717) is 19.1 Å². The van der Waals surface area contributed by atoms with Gasteiger partial charge in [-0.1, -0.05) is 18.2 Å². The molecule has 5 nitrogen and oxygen atoms in total. The molecule has 1 aliphatic rings. The fourth-order valence-electron chi connectivity index (χ4n) is 2.35. The second-order valence-corrected chi connectivity index (χ2v) is 5.87. The van der Waals surface area contributed by atoms with Gasteiger partial charge >= 0.3 is 0 Å². The van der Waals surface area contributed by atoms with E-state index in [9.17, 15) is 0 Å². The minimum atomic E-state index is 0.154. The number of aliphatic imine (C=N–C) groups is 1. The number of guanidine groups is 1. The first kappa shape index (κ1) is 13.9. The fourth-order valence-corrected chi connectivity index (χ4v) is 3.05. The third kappa shape index (κ3) is 3.16. The van der Waals surface area contributed by atoms with Crippen molar-refractivity contribution in [1.82, 2.24) is 10.3 Å². The van der Waals surface area contributed by atoms with Crippen molar-refractivity contribution in [2.75, 3.05) is 6.61 Å². The van der Waals surface area contributed by atoms with Gasteiger partial charge in [-0.15, -0.1) is 11.3 Å². The third-order valence-electron chi connectivity index (χ3n) is 3.52. The summed E-state index contributed by atoms with van der Waals surface area (Å²) < 4.78 is 5.64. The highest BCUT2D eigenvalue weighted by atomic mass is 32.1. The van der Waals surface area contributed by atoms with E-state index < -0.39 is 0 Å². The Kier molecular flexibility index (Phi) is 4.06. The number of nitrogens with zero attached hydrogens (tertiary/aromatic N) is 2. The number of benzene rings is 1. The van der Waals surface area contributed by atoms with Crippen molar-refractivity contribution in [3.63, 3.8) is 0 Å². The highest BCUT2D eigenvalue weighted by Crippen LogP contribution is 2.31. The Bertz CT molecular complexity index is 653. The zero-order valence-electron chi connectivity index (χ0n) is 11.9. The molecule has 110 valence electrons. The molecule has 1 aliphatic heterocycles. The molecular weight excluding hydrogens is 284 g/mol. The van der Waals surface area contributed by atoms with Gasteiger partial charge in [0.2, 0.25) is 0 Å². The Morgan fingerprint density at radius 3 is 3.19 bits per heavy atom. The second-order valence-electron chi connectivity index (χ2n) is 4.93. The van der Waals surface area contributed by atoms with E-state index in [1.165, 1.54) is 0 Å². The van der Waals surface area contributed by atoms with Gasteiger partial charge in [-0.25, -0.2) is 9.98 Å². The predicted octanol–water partition coefficient (Wildman–Crippen LogP) is 2.38. The van der Waals surface area contributed by atoms with Crippen LogP contribution < -0.4 is 15.8 Å². The minimum absolute atomic E-state index is 0.154. The highest BCUT2D eigenvalue weighted by Gasteiger charge is 2.21. The molecular formula is C15H18N4OS. The van der Waals surface area contributed by atoms with Crippen LogP contribution in [-0.4, -0.2) is 17.6 Å². The molecule has 2 heterocycles. The van der Waals surface area contributed by atoms with E-state index in [1.54, 1.807) is 11.3 Å². The molecule has 1 unspecified atom stereocenters. The SMILES string of the molecule is Cc1ncsc1CN=C(N)NC1CCOc2ccccc21. The van der Waals surface area contributed by atoms with Crippen molar-refractivity contribution in [1.29, 1.82) is 0 Å². The Morgan fingerprint density at radius 1 is 1.52 bits per heavy atom. The van der Waals surface area contributed by atoms with Crippen molar-refractivity contribution in [2.45, 2.75) is 25.9 Å². The molecule has 2 aromatic rings. The van der Waals surface area contributed by atoms with Gasteiger partial charge < -0.3 is 15.8 Å². The van der Waals surface area contributed by atoms with Crippen LogP contribution in [0.5, 0.6) is 5.75 Å². The Balaban J connectivity index is 1.68. The number of rotatable bonds is 3. The van der Waals surface area contributed by atoms with Gasteiger partial charge in [-0.05, 0) is 13.0 Å². The van der Waals surface area contributed by atoms with Crippen LogP contribution in [0.15, 0.2) is 34.8 Å². The summed E-state index contributed by atoms with van der Waals surface area (Å²) in [4.78, 5) is 9.76. The van der Waals surface area contributed by atoms with E-state index in [4.69, 9.17) is 10.5 Å². The summed E-state index contributed by atoms with van der Waals surface area (Å²) in [5.41, 5.74) is 10.00. The van der Waals surface area contributed by atoms with Crippen LogP contribution in [0.25, 0.3) is 0 Å². The number of nitrogens with one attached hydrogen (secondary N) is 1. The Hall–Kier alpha value is -2.08. The van der Waals surface area contributed by atoms with Gasteiger partial charge in [0.15, 0.2) is 5.96 Å². The van der Waals surface area contributed by atoms with Crippen LogP contribution in [0, 0.1) is 6.92 Å². The molecule has 0 bridgehead atoms. The van der Waals surface area contributed by atoms with Gasteiger partial charge in [0.25, 0.3) is 0 Å². The molecule has 0 aliphatic carbocycles. The van der Waals surface area contributed by atoms with Crippen molar-refractivity contribution < 1.29 is 4.74 Å². The lowest BCUT2D eigenvalue weighted by Crippen LogP contribution is -2.37. The number of fused-ring (bicyclic) bond motifs is 1. The lowest BCUT2D eigenvalue weighted by molar-refractivity contribution is 0.262. The van der Waals surface area contributed by atoms with Gasteiger partial charge in [0.1, 0.15) is 5.75 Å². The Morgan fingerprint density at radius 2 is 2.38 bits per heavy atom. The number of hydrogen-bond donors (Lipinski definition) is 2. The van der Waals surface area contributed by atoms with Crippen molar-refractivity contribution in [3.8, 4) is 5.75 Å². The number of thiazole rings is 1. The molecule has 21 heavy (non-hydrogen) atoms. The molecule has 3 N–H and O–H groups in total. The number of aromatic nitrogens is 1. The van der Waals surface area contributed by atoms with Crippen LogP contribution in [0.4, 0.5) is 0 Å². The van der Waals surface area contributed by atoms with Gasteiger partial charge in [0.05, 0.1) is 30.4 Å². The van der Waals surface area contributed by atoms with E-state index >= 15 is 0 Å². The molecule has 1 atom stereocenters. The first-order valence-electron chi connectivity index (χ1n) is 6.91. The van der Waals surface area contributed by atoms with Gasteiger partial charge in [-0.3, -0.25) is 0 Å². The van der Waals surface area contributed by atoms with Crippen molar-refractivity contribution in [3.05, 3.63) is 45.9 Å². The summed E-state index contributed by atoms with van der Waals surface area (Å²) in [7, 11) is 0. The number of aryl methyl sites for hydroxylation is 1. The van der Waals surface area contributed by atoms with Crippen LogP contribution in [0.3, 0.4) is 0 Å².